The third kappa shape index (κ3) is 8.51. The standard InChI is InChI=1S/C35H45ClN6O3/c1-8-45-35(6,7)19-26(20-37)32(44)41-17-9-10-28(41)22-42-30-16-11-24(21-38-23(2)34(3,4)5)18-29(30)39-33(42)40-31(43)25-12-14-27(36)15-13-25/h11-16,18-19,23,28,38H,8-10,17,21-22H2,1-7H3,(H,39,40,43)/t23-,28?/m0/s1. The molecule has 45 heavy (non-hydrogen) atoms. The second kappa shape index (κ2) is 14.2. The van der Waals surface area contributed by atoms with Gasteiger partial charge < -0.3 is 19.5 Å². The van der Waals surface area contributed by atoms with Crippen molar-refractivity contribution >= 4 is 40.4 Å². The molecule has 2 heterocycles. The zero-order chi connectivity index (χ0) is 32.9. The molecule has 1 aromatic heterocycles. The molecule has 10 heteroatoms. The molecule has 2 aromatic carbocycles. The lowest BCUT2D eigenvalue weighted by Crippen LogP contribution is -2.39. The number of likely N-dealkylation sites (tertiary alicyclic amines) is 1. The van der Waals surface area contributed by atoms with Gasteiger partial charge in [0.05, 0.1) is 22.7 Å². The number of anilines is 1. The van der Waals surface area contributed by atoms with E-state index < -0.39 is 5.60 Å². The number of halogens is 1. The average molecular weight is 633 g/mol. The first-order chi connectivity index (χ1) is 21.2. The third-order valence-electron chi connectivity index (χ3n) is 8.45. The van der Waals surface area contributed by atoms with Crippen LogP contribution in [0.3, 0.4) is 0 Å². The maximum Gasteiger partial charge on any atom is 0.264 e. The van der Waals surface area contributed by atoms with E-state index in [4.69, 9.17) is 21.3 Å². The van der Waals surface area contributed by atoms with Crippen molar-refractivity contribution < 1.29 is 14.3 Å². The van der Waals surface area contributed by atoms with Crippen LogP contribution in [0.2, 0.25) is 5.02 Å². The number of amides is 2. The molecule has 1 aliphatic rings. The van der Waals surface area contributed by atoms with E-state index in [1.165, 1.54) is 0 Å². The molecule has 2 N–H and O–H groups in total. The minimum absolute atomic E-state index is 0.0636. The van der Waals surface area contributed by atoms with E-state index in [1.54, 1.807) is 35.2 Å². The van der Waals surface area contributed by atoms with Crippen LogP contribution in [0.4, 0.5) is 5.95 Å². The van der Waals surface area contributed by atoms with Gasteiger partial charge in [0.2, 0.25) is 5.95 Å². The molecule has 0 spiro atoms. The molecule has 9 nitrogen and oxygen atoms in total. The quantitative estimate of drug-likeness (QED) is 0.179. The highest BCUT2D eigenvalue weighted by molar-refractivity contribution is 6.30. The van der Waals surface area contributed by atoms with Crippen LogP contribution >= 0.6 is 11.6 Å². The fourth-order valence-electron chi connectivity index (χ4n) is 5.48. The fraction of sp³-hybridized carbons (Fsp3) is 0.486. The van der Waals surface area contributed by atoms with Crippen molar-refractivity contribution in [1.29, 1.82) is 5.26 Å². The Bertz CT molecular complexity index is 1600. The summed E-state index contributed by atoms with van der Waals surface area (Å²) in [6.45, 7) is 16.4. The van der Waals surface area contributed by atoms with E-state index in [-0.39, 0.29) is 28.8 Å². The molecule has 1 saturated heterocycles. The summed E-state index contributed by atoms with van der Waals surface area (Å²) in [6, 6.07) is 15.0. The molecule has 2 atom stereocenters. The number of nitrogens with one attached hydrogen (secondary N) is 2. The van der Waals surface area contributed by atoms with Crippen LogP contribution in [0.25, 0.3) is 11.0 Å². The largest absolute Gasteiger partial charge is 0.372 e. The number of carbonyl (C=O) groups is 2. The Hall–Kier alpha value is -3.71. The molecule has 240 valence electrons. The molecule has 3 aromatic rings. The number of fused-ring (bicyclic) bond motifs is 1. The molecule has 1 aliphatic heterocycles. The number of ether oxygens (including phenoxy) is 1. The lowest BCUT2D eigenvalue weighted by molar-refractivity contribution is -0.127. The van der Waals surface area contributed by atoms with Crippen LogP contribution < -0.4 is 10.6 Å². The van der Waals surface area contributed by atoms with Crippen LogP contribution in [0, 0.1) is 16.7 Å². The van der Waals surface area contributed by atoms with E-state index in [1.807, 2.05) is 37.5 Å². The van der Waals surface area contributed by atoms with Gasteiger partial charge in [0.25, 0.3) is 11.8 Å². The second-order valence-electron chi connectivity index (χ2n) is 13.3. The first kappa shape index (κ1) is 34.2. The number of nitriles is 1. The van der Waals surface area contributed by atoms with Crippen LogP contribution in [0.1, 0.15) is 77.2 Å². The summed E-state index contributed by atoms with van der Waals surface area (Å²) >= 11 is 6.04. The minimum Gasteiger partial charge on any atom is -0.372 e. The van der Waals surface area contributed by atoms with E-state index >= 15 is 0 Å². The zero-order valence-corrected chi connectivity index (χ0v) is 28.2. The van der Waals surface area contributed by atoms with Gasteiger partial charge in [-0.2, -0.15) is 5.26 Å². The summed E-state index contributed by atoms with van der Waals surface area (Å²) in [4.78, 5) is 33.5. The molecule has 0 bridgehead atoms. The number of nitrogens with zero attached hydrogens (tertiary/aromatic N) is 4. The Kier molecular flexibility index (Phi) is 10.7. The summed E-state index contributed by atoms with van der Waals surface area (Å²) in [5, 5.41) is 17.0. The van der Waals surface area contributed by atoms with Crippen molar-refractivity contribution in [3.05, 3.63) is 70.3 Å². The number of hydrogen-bond acceptors (Lipinski definition) is 6. The van der Waals surface area contributed by atoms with Crippen molar-refractivity contribution in [3.63, 3.8) is 0 Å². The Morgan fingerprint density at radius 2 is 1.89 bits per heavy atom. The smallest absolute Gasteiger partial charge is 0.264 e. The fourth-order valence-corrected chi connectivity index (χ4v) is 5.61. The molecular formula is C35H45ClN6O3. The van der Waals surface area contributed by atoms with Gasteiger partial charge >= 0.3 is 0 Å². The zero-order valence-electron chi connectivity index (χ0n) is 27.4. The van der Waals surface area contributed by atoms with Crippen molar-refractivity contribution in [2.24, 2.45) is 5.41 Å². The maximum absolute atomic E-state index is 13.6. The van der Waals surface area contributed by atoms with Gasteiger partial charge in [-0.15, -0.1) is 0 Å². The lowest BCUT2D eigenvalue weighted by atomic mass is 9.88. The summed E-state index contributed by atoms with van der Waals surface area (Å²) in [6.07, 6.45) is 3.18. The molecule has 1 fully saturated rings. The minimum atomic E-state index is -0.748. The first-order valence-electron chi connectivity index (χ1n) is 15.6. The maximum atomic E-state index is 13.6. The average Bonchev–Trinajstić information content (AvgIpc) is 3.58. The molecule has 1 unspecified atom stereocenters. The van der Waals surface area contributed by atoms with Gasteiger partial charge in [-0.25, -0.2) is 4.98 Å². The van der Waals surface area contributed by atoms with Gasteiger partial charge in [-0.1, -0.05) is 38.4 Å². The highest BCUT2D eigenvalue weighted by Crippen LogP contribution is 2.28. The van der Waals surface area contributed by atoms with Crippen LogP contribution in [-0.2, 0) is 22.6 Å². The monoisotopic (exact) mass is 632 g/mol. The van der Waals surface area contributed by atoms with Gasteiger partial charge in [0, 0.05) is 42.9 Å². The first-order valence-corrected chi connectivity index (χ1v) is 16.0. The topological polar surface area (TPSA) is 112 Å². The van der Waals surface area contributed by atoms with Gasteiger partial charge in [-0.3, -0.25) is 14.9 Å². The van der Waals surface area contributed by atoms with Gasteiger partial charge in [0.15, 0.2) is 0 Å². The SMILES string of the molecule is CCOC(C)(C)C=C(C#N)C(=O)N1CCCC1Cn1c(NC(=O)c2ccc(Cl)cc2)nc2cc(CN[C@@H](C)C(C)(C)C)ccc21. The molecule has 2 amide bonds. The Morgan fingerprint density at radius 3 is 2.53 bits per heavy atom. The van der Waals surface area contributed by atoms with E-state index in [9.17, 15) is 14.9 Å². The number of benzene rings is 2. The van der Waals surface area contributed by atoms with Crippen LogP contribution in [-0.4, -0.2) is 57.1 Å². The van der Waals surface area contributed by atoms with Gasteiger partial charge in [0.1, 0.15) is 11.6 Å². The van der Waals surface area contributed by atoms with Crippen LogP contribution in [0.15, 0.2) is 54.1 Å². The van der Waals surface area contributed by atoms with Crippen molar-refractivity contribution in [3.8, 4) is 6.07 Å². The summed E-state index contributed by atoms with van der Waals surface area (Å²) in [5.41, 5.74) is 2.57. The number of rotatable bonds is 11. The van der Waals surface area contributed by atoms with Crippen molar-refractivity contribution in [1.82, 2.24) is 19.8 Å². The normalized spacial score (nSPS) is 16.6. The highest BCUT2D eigenvalue weighted by atomic mass is 35.5. The van der Waals surface area contributed by atoms with Crippen molar-refractivity contribution in [2.45, 2.75) is 92.1 Å². The number of carbonyl (C=O) groups excluding carboxylic acids is 2. The second-order valence-corrected chi connectivity index (χ2v) is 13.7. The van der Waals surface area contributed by atoms with Gasteiger partial charge in [-0.05, 0) is 94.0 Å². The predicted molar refractivity (Wildman–Crippen MR) is 179 cm³/mol. The number of hydrogen-bond donors (Lipinski definition) is 2. The number of imidazole rings is 1. The molecular weight excluding hydrogens is 588 g/mol. The van der Waals surface area contributed by atoms with E-state index in [0.717, 1.165) is 29.4 Å². The lowest BCUT2D eigenvalue weighted by Gasteiger charge is -2.28. The number of aromatic nitrogens is 2. The summed E-state index contributed by atoms with van der Waals surface area (Å²) in [7, 11) is 0. The predicted octanol–water partition coefficient (Wildman–Crippen LogP) is 6.72. The molecule has 0 radical (unpaired) electrons. The van der Waals surface area contributed by atoms with E-state index in [0.29, 0.717) is 48.8 Å². The Morgan fingerprint density at radius 1 is 1.18 bits per heavy atom. The summed E-state index contributed by atoms with van der Waals surface area (Å²) < 4.78 is 7.69. The van der Waals surface area contributed by atoms with Crippen molar-refractivity contribution in [2.75, 3.05) is 18.5 Å². The highest BCUT2D eigenvalue weighted by Gasteiger charge is 2.33. The third-order valence-corrected chi connectivity index (χ3v) is 8.70. The summed E-state index contributed by atoms with van der Waals surface area (Å²) in [5.74, 6) is -0.229. The van der Waals surface area contributed by atoms with Crippen LogP contribution in [0.5, 0.6) is 0 Å². The molecule has 4 rings (SSSR count). The molecule has 0 saturated carbocycles. The Balaban J connectivity index is 1.66. The van der Waals surface area contributed by atoms with E-state index in [2.05, 4.69) is 50.5 Å². The Labute approximate surface area is 271 Å². The molecule has 0 aliphatic carbocycles.